The van der Waals surface area contributed by atoms with Gasteiger partial charge in [0.15, 0.2) is 0 Å². The summed E-state index contributed by atoms with van der Waals surface area (Å²) in [5, 5.41) is 4.23. The van der Waals surface area contributed by atoms with Crippen LogP contribution in [0.4, 0.5) is 19.1 Å². The number of hydrogen-bond donors (Lipinski definition) is 0. The van der Waals surface area contributed by atoms with Gasteiger partial charge >= 0.3 is 6.18 Å². The lowest BCUT2D eigenvalue weighted by Crippen LogP contribution is -2.51. The van der Waals surface area contributed by atoms with Gasteiger partial charge in [0.25, 0.3) is 0 Å². The normalized spacial score (nSPS) is 20.2. The predicted molar refractivity (Wildman–Crippen MR) is 94.6 cm³/mol. The molecule has 0 spiro atoms. The quantitative estimate of drug-likeness (QED) is 0.779. The van der Waals surface area contributed by atoms with E-state index in [9.17, 15) is 18.0 Å². The first-order chi connectivity index (χ1) is 13.3. The van der Waals surface area contributed by atoms with Crippen molar-refractivity contribution in [3.63, 3.8) is 0 Å². The second-order valence-electron chi connectivity index (χ2n) is 7.24. The number of rotatable bonds is 2. The summed E-state index contributed by atoms with van der Waals surface area (Å²) < 4.78 is 40.9. The summed E-state index contributed by atoms with van der Waals surface area (Å²) in [4.78, 5) is 24.2. The first-order valence-corrected chi connectivity index (χ1v) is 9.28. The number of alkyl halides is 3. The van der Waals surface area contributed by atoms with Crippen LogP contribution in [0.15, 0.2) is 18.3 Å². The highest BCUT2D eigenvalue weighted by Gasteiger charge is 2.35. The molecule has 1 amide bonds. The molecule has 2 aromatic heterocycles. The van der Waals surface area contributed by atoms with Gasteiger partial charge in [-0.2, -0.15) is 18.3 Å². The number of anilines is 1. The molecule has 1 atom stereocenters. The fraction of sp³-hybridized carbons (Fsp3) is 0.556. The van der Waals surface area contributed by atoms with Gasteiger partial charge in [0.05, 0.1) is 0 Å². The fourth-order valence-corrected chi connectivity index (χ4v) is 3.80. The van der Waals surface area contributed by atoms with Crippen LogP contribution in [0.3, 0.4) is 0 Å². The van der Waals surface area contributed by atoms with E-state index in [0.717, 1.165) is 24.7 Å². The van der Waals surface area contributed by atoms with Crippen LogP contribution in [0.2, 0.25) is 0 Å². The highest BCUT2D eigenvalue weighted by molar-refractivity contribution is 5.79. The van der Waals surface area contributed by atoms with Crippen LogP contribution in [0, 0.1) is 12.8 Å². The molecule has 2 aliphatic rings. The molecule has 0 radical (unpaired) electrons. The van der Waals surface area contributed by atoms with Gasteiger partial charge in [0.2, 0.25) is 11.9 Å². The maximum absolute atomic E-state index is 13.0. The number of amides is 1. The summed E-state index contributed by atoms with van der Waals surface area (Å²) in [7, 11) is 0. The molecule has 4 heterocycles. The van der Waals surface area contributed by atoms with Gasteiger partial charge in [0.1, 0.15) is 5.69 Å². The molecule has 2 aromatic rings. The molecular formula is C18H21F3N6O. The molecule has 7 nitrogen and oxygen atoms in total. The number of hydrogen-bond acceptors (Lipinski definition) is 5. The number of nitrogens with zero attached hydrogens (tertiary/aromatic N) is 6. The van der Waals surface area contributed by atoms with Crippen molar-refractivity contribution in [1.29, 1.82) is 0 Å². The molecule has 1 saturated heterocycles. The van der Waals surface area contributed by atoms with E-state index in [1.807, 2.05) is 10.7 Å². The summed E-state index contributed by atoms with van der Waals surface area (Å²) >= 11 is 0. The fourth-order valence-electron chi connectivity index (χ4n) is 3.80. The van der Waals surface area contributed by atoms with Gasteiger partial charge in [-0.15, -0.1) is 0 Å². The number of carbonyl (C=O) groups is 1. The molecule has 2 aliphatic heterocycles. The molecule has 28 heavy (non-hydrogen) atoms. The third kappa shape index (κ3) is 3.67. The molecule has 4 rings (SSSR count). The van der Waals surface area contributed by atoms with Gasteiger partial charge in [-0.1, -0.05) is 0 Å². The molecule has 0 aromatic carbocycles. The number of fused-ring (bicyclic) bond motifs is 1. The molecule has 0 N–H and O–H groups in total. The Morgan fingerprint density at radius 1 is 1.14 bits per heavy atom. The van der Waals surface area contributed by atoms with E-state index in [4.69, 9.17) is 0 Å². The minimum atomic E-state index is -4.51. The maximum Gasteiger partial charge on any atom is 0.433 e. The van der Waals surface area contributed by atoms with E-state index in [2.05, 4.69) is 15.1 Å². The van der Waals surface area contributed by atoms with Crippen LogP contribution in [-0.4, -0.2) is 56.7 Å². The number of aromatic nitrogens is 4. The third-order valence-electron chi connectivity index (χ3n) is 5.31. The van der Waals surface area contributed by atoms with E-state index in [-0.39, 0.29) is 23.5 Å². The van der Waals surface area contributed by atoms with Crippen molar-refractivity contribution in [2.24, 2.45) is 5.92 Å². The number of piperazine rings is 1. The molecule has 0 saturated carbocycles. The lowest BCUT2D eigenvalue weighted by atomic mass is 9.94. The van der Waals surface area contributed by atoms with Crippen LogP contribution in [0.1, 0.15) is 23.5 Å². The molecule has 1 unspecified atom stereocenters. The Morgan fingerprint density at radius 3 is 2.61 bits per heavy atom. The van der Waals surface area contributed by atoms with E-state index in [1.165, 1.54) is 6.92 Å². The van der Waals surface area contributed by atoms with Gasteiger partial charge in [-0.25, -0.2) is 9.97 Å². The van der Waals surface area contributed by atoms with E-state index >= 15 is 0 Å². The summed E-state index contributed by atoms with van der Waals surface area (Å²) in [6, 6.07) is 2.88. The van der Waals surface area contributed by atoms with Crippen molar-refractivity contribution in [3.05, 3.63) is 35.4 Å². The maximum atomic E-state index is 13.0. The number of carbonyl (C=O) groups excluding carboxylic acids is 1. The number of aryl methyl sites for hydroxylation is 2. The molecule has 10 heteroatoms. The van der Waals surface area contributed by atoms with Crippen LogP contribution in [0.25, 0.3) is 0 Å². The smallest absolute Gasteiger partial charge is 0.339 e. The Morgan fingerprint density at radius 2 is 1.89 bits per heavy atom. The van der Waals surface area contributed by atoms with Gasteiger partial charge in [-0.05, 0) is 25.5 Å². The van der Waals surface area contributed by atoms with Crippen molar-refractivity contribution in [1.82, 2.24) is 24.6 Å². The molecule has 0 bridgehead atoms. The lowest BCUT2D eigenvalue weighted by molar-refractivity contribution is -0.141. The summed E-state index contributed by atoms with van der Waals surface area (Å²) in [5.41, 5.74) is 0.401. The van der Waals surface area contributed by atoms with Gasteiger partial charge < -0.3 is 9.80 Å². The highest BCUT2D eigenvalue weighted by Crippen LogP contribution is 2.29. The van der Waals surface area contributed by atoms with Crippen molar-refractivity contribution in [2.45, 2.75) is 32.5 Å². The first-order valence-electron chi connectivity index (χ1n) is 9.28. The number of halogens is 3. The monoisotopic (exact) mass is 394 g/mol. The predicted octanol–water partition coefficient (Wildman–Crippen LogP) is 1.91. The lowest BCUT2D eigenvalue weighted by Gasteiger charge is -2.37. The summed E-state index contributed by atoms with van der Waals surface area (Å²) in [6.45, 7) is 3.98. The van der Waals surface area contributed by atoms with E-state index in [1.54, 1.807) is 16.0 Å². The summed E-state index contributed by atoms with van der Waals surface area (Å²) in [6.07, 6.45) is -1.33. The second-order valence-corrected chi connectivity index (χ2v) is 7.24. The molecule has 1 fully saturated rings. The minimum Gasteiger partial charge on any atom is -0.339 e. The Kier molecular flexibility index (Phi) is 4.72. The standard InChI is InChI=1S/C18H21F3N6O/c1-12-10-15(18(19,20)21)24-17(23-12)26-8-6-25(7-9-26)16(28)13-3-5-27-14(11-13)2-4-22-27/h2,4,10,13H,3,5-9,11H2,1H3. The summed E-state index contributed by atoms with van der Waals surface area (Å²) in [5.74, 6) is 0.108. The largest absolute Gasteiger partial charge is 0.433 e. The SMILES string of the molecule is Cc1cc(C(F)(F)F)nc(N2CCN(C(=O)C3CCn4nccc4C3)CC2)n1. The van der Waals surface area contributed by atoms with Gasteiger partial charge in [-0.3, -0.25) is 9.48 Å². The Balaban J connectivity index is 1.40. The molecular weight excluding hydrogens is 373 g/mol. The van der Waals surface area contributed by atoms with E-state index < -0.39 is 11.9 Å². The van der Waals surface area contributed by atoms with Crippen molar-refractivity contribution in [2.75, 3.05) is 31.1 Å². The van der Waals surface area contributed by atoms with Crippen LogP contribution in [-0.2, 0) is 23.9 Å². The minimum absolute atomic E-state index is 0.0669. The average Bonchev–Trinajstić information content (AvgIpc) is 3.14. The van der Waals surface area contributed by atoms with Crippen LogP contribution < -0.4 is 4.90 Å². The first kappa shape index (κ1) is 18.7. The zero-order valence-electron chi connectivity index (χ0n) is 15.5. The average molecular weight is 394 g/mol. The topological polar surface area (TPSA) is 67.2 Å². The van der Waals surface area contributed by atoms with Crippen LogP contribution >= 0.6 is 0 Å². The highest BCUT2D eigenvalue weighted by atomic mass is 19.4. The third-order valence-corrected chi connectivity index (χ3v) is 5.31. The van der Waals surface area contributed by atoms with E-state index in [0.29, 0.717) is 32.6 Å². The second kappa shape index (κ2) is 7.06. The molecule has 150 valence electrons. The Bertz CT molecular complexity index is 872. The van der Waals surface area contributed by atoms with Crippen LogP contribution in [0.5, 0.6) is 0 Å². The zero-order valence-corrected chi connectivity index (χ0v) is 15.5. The zero-order chi connectivity index (χ0) is 19.9. The Hall–Kier alpha value is -2.65. The molecule has 0 aliphatic carbocycles. The Labute approximate surface area is 160 Å². The van der Waals surface area contributed by atoms with Crippen molar-refractivity contribution in [3.8, 4) is 0 Å². The van der Waals surface area contributed by atoms with Crippen molar-refractivity contribution >= 4 is 11.9 Å². The van der Waals surface area contributed by atoms with Gasteiger partial charge in [0, 0.05) is 62.6 Å². The van der Waals surface area contributed by atoms with Crippen molar-refractivity contribution < 1.29 is 18.0 Å².